The van der Waals surface area contributed by atoms with Gasteiger partial charge in [-0.15, -0.1) is 0 Å². The fourth-order valence-corrected chi connectivity index (χ4v) is 6.33. The van der Waals surface area contributed by atoms with Crippen LogP contribution in [0.25, 0.3) is 0 Å². The number of nitrogens with one attached hydrogen (secondary N) is 1. The predicted molar refractivity (Wildman–Crippen MR) is 126 cm³/mol. The van der Waals surface area contributed by atoms with Gasteiger partial charge in [-0.1, -0.05) is 12.1 Å². The van der Waals surface area contributed by atoms with Gasteiger partial charge in [0.15, 0.2) is 6.10 Å². The summed E-state index contributed by atoms with van der Waals surface area (Å²) in [6, 6.07) is 12.8. The monoisotopic (exact) mass is 509 g/mol. The number of sulfonamides is 2. The SMILES string of the molecule is CS(=O)(=O)N1C[C@@H](C(=O)NCCOc2ccc(S(=O)(=O)N3CCCC3)cc2)Oc2ccccc21. The molecule has 2 aromatic carbocycles. The lowest BCUT2D eigenvalue weighted by Crippen LogP contribution is -2.51. The predicted octanol–water partition coefficient (Wildman–Crippen LogP) is 1.19. The van der Waals surface area contributed by atoms with Crippen molar-refractivity contribution in [1.82, 2.24) is 9.62 Å². The third-order valence-corrected chi connectivity index (χ3v) is 8.68. The van der Waals surface area contributed by atoms with Crippen molar-refractivity contribution >= 4 is 31.6 Å². The average molecular weight is 510 g/mol. The number of nitrogens with zero attached hydrogens (tertiary/aromatic N) is 2. The Bertz CT molecular complexity index is 1240. The first-order valence-electron chi connectivity index (χ1n) is 10.9. The van der Waals surface area contributed by atoms with Crippen LogP contribution in [0.15, 0.2) is 53.4 Å². The highest BCUT2D eigenvalue weighted by Gasteiger charge is 2.34. The zero-order valence-electron chi connectivity index (χ0n) is 18.7. The number of hydrogen-bond acceptors (Lipinski definition) is 7. The summed E-state index contributed by atoms with van der Waals surface area (Å²) in [4.78, 5) is 12.8. The molecule has 2 aromatic rings. The second kappa shape index (κ2) is 9.80. The van der Waals surface area contributed by atoms with Gasteiger partial charge in [0.2, 0.25) is 20.0 Å². The lowest BCUT2D eigenvalue weighted by Gasteiger charge is -2.33. The van der Waals surface area contributed by atoms with E-state index in [1.165, 1.54) is 16.4 Å². The standard InChI is InChI=1S/C22H27N3O7S2/c1-33(27,28)25-16-21(32-20-7-3-2-6-19(20)25)22(26)23-12-15-31-17-8-10-18(11-9-17)34(29,30)24-13-4-5-14-24/h2-3,6-11,21H,4-5,12-16H2,1H3,(H,23,26)/t21-/m0/s1. The van der Waals surface area contributed by atoms with Gasteiger partial charge in [0.25, 0.3) is 5.91 Å². The zero-order valence-corrected chi connectivity index (χ0v) is 20.3. The summed E-state index contributed by atoms with van der Waals surface area (Å²) >= 11 is 0. The van der Waals surface area contributed by atoms with E-state index in [9.17, 15) is 21.6 Å². The highest BCUT2D eigenvalue weighted by atomic mass is 32.2. The van der Waals surface area contributed by atoms with Gasteiger partial charge in [-0.3, -0.25) is 9.10 Å². The topological polar surface area (TPSA) is 122 Å². The van der Waals surface area contributed by atoms with Crippen molar-refractivity contribution in [2.75, 3.05) is 43.3 Å². The molecule has 0 saturated carbocycles. The van der Waals surface area contributed by atoms with Crippen molar-refractivity contribution in [3.05, 3.63) is 48.5 Å². The van der Waals surface area contributed by atoms with Crippen LogP contribution in [-0.4, -0.2) is 72.2 Å². The molecule has 0 bridgehead atoms. The van der Waals surface area contributed by atoms with Crippen LogP contribution in [0.1, 0.15) is 12.8 Å². The summed E-state index contributed by atoms with van der Waals surface area (Å²) in [5.41, 5.74) is 0.396. The van der Waals surface area contributed by atoms with Crippen LogP contribution in [0.3, 0.4) is 0 Å². The number of hydrogen-bond donors (Lipinski definition) is 1. The minimum absolute atomic E-state index is 0.129. The molecule has 0 radical (unpaired) electrons. The van der Waals surface area contributed by atoms with Gasteiger partial charge in [0.1, 0.15) is 18.1 Å². The van der Waals surface area contributed by atoms with Crippen LogP contribution in [0.4, 0.5) is 5.69 Å². The van der Waals surface area contributed by atoms with Crippen molar-refractivity contribution < 1.29 is 31.1 Å². The molecule has 2 aliphatic rings. The molecule has 1 amide bonds. The molecule has 2 aliphatic heterocycles. The summed E-state index contributed by atoms with van der Waals surface area (Å²) in [5, 5.41) is 2.69. The number of benzene rings is 2. The third kappa shape index (κ3) is 5.29. The largest absolute Gasteiger partial charge is 0.492 e. The minimum atomic E-state index is -3.58. The molecule has 12 heteroatoms. The second-order valence-electron chi connectivity index (χ2n) is 8.09. The Hall–Kier alpha value is -2.83. The molecule has 1 atom stereocenters. The minimum Gasteiger partial charge on any atom is -0.492 e. The lowest BCUT2D eigenvalue weighted by molar-refractivity contribution is -0.127. The molecule has 184 valence electrons. The van der Waals surface area contributed by atoms with Crippen LogP contribution >= 0.6 is 0 Å². The normalized spacial score (nSPS) is 18.7. The molecular weight excluding hydrogens is 482 g/mol. The number of carbonyl (C=O) groups is 1. The zero-order chi connectivity index (χ0) is 24.3. The van der Waals surface area contributed by atoms with Gasteiger partial charge >= 0.3 is 0 Å². The Morgan fingerprint density at radius 1 is 1.06 bits per heavy atom. The van der Waals surface area contributed by atoms with Crippen molar-refractivity contribution in [1.29, 1.82) is 0 Å². The Labute approximate surface area is 199 Å². The summed E-state index contributed by atoms with van der Waals surface area (Å²) in [7, 11) is -7.06. The summed E-state index contributed by atoms with van der Waals surface area (Å²) < 4.78 is 63.4. The first kappa shape index (κ1) is 24.3. The summed E-state index contributed by atoms with van der Waals surface area (Å²) in [6.07, 6.45) is 1.83. The average Bonchev–Trinajstić information content (AvgIpc) is 3.37. The van der Waals surface area contributed by atoms with E-state index in [0.29, 0.717) is 30.3 Å². The van der Waals surface area contributed by atoms with E-state index in [2.05, 4.69) is 5.32 Å². The van der Waals surface area contributed by atoms with Crippen molar-refractivity contribution in [2.24, 2.45) is 0 Å². The first-order valence-corrected chi connectivity index (χ1v) is 14.2. The molecule has 1 saturated heterocycles. The Balaban J connectivity index is 1.29. The smallest absolute Gasteiger partial charge is 0.263 e. The molecule has 1 N–H and O–H groups in total. The summed E-state index contributed by atoms with van der Waals surface area (Å²) in [6.45, 7) is 1.25. The van der Waals surface area contributed by atoms with Gasteiger partial charge in [0, 0.05) is 13.1 Å². The summed E-state index contributed by atoms with van der Waals surface area (Å²) in [5.74, 6) is 0.332. The van der Waals surface area contributed by atoms with Crippen LogP contribution < -0.4 is 19.1 Å². The maximum Gasteiger partial charge on any atom is 0.263 e. The van der Waals surface area contributed by atoms with E-state index in [-0.39, 0.29) is 24.6 Å². The third-order valence-electron chi connectivity index (χ3n) is 5.62. The number of ether oxygens (including phenoxy) is 2. The van der Waals surface area contributed by atoms with E-state index in [0.717, 1.165) is 23.4 Å². The highest BCUT2D eigenvalue weighted by molar-refractivity contribution is 7.92. The molecule has 0 aliphatic carbocycles. The van der Waals surface area contributed by atoms with Crippen molar-refractivity contribution in [3.8, 4) is 11.5 Å². The molecule has 4 rings (SSSR count). The fraction of sp³-hybridized carbons (Fsp3) is 0.409. The van der Waals surface area contributed by atoms with Crippen molar-refractivity contribution in [2.45, 2.75) is 23.8 Å². The lowest BCUT2D eigenvalue weighted by atomic mass is 10.2. The van der Waals surface area contributed by atoms with E-state index >= 15 is 0 Å². The molecule has 2 heterocycles. The number of anilines is 1. The number of rotatable bonds is 8. The van der Waals surface area contributed by atoms with E-state index < -0.39 is 32.1 Å². The van der Waals surface area contributed by atoms with Crippen LogP contribution in [0.5, 0.6) is 11.5 Å². The quantitative estimate of drug-likeness (QED) is 0.531. The van der Waals surface area contributed by atoms with Crippen LogP contribution in [0, 0.1) is 0 Å². The molecule has 1 fully saturated rings. The van der Waals surface area contributed by atoms with E-state index in [4.69, 9.17) is 9.47 Å². The van der Waals surface area contributed by atoms with Crippen LogP contribution in [-0.2, 0) is 24.8 Å². The number of para-hydroxylation sites is 2. The Kier molecular flexibility index (Phi) is 7.01. The Morgan fingerprint density at radius 2 is 1.74 bits per heavy atom. The van der Waals surface area contributed by atoms with Gasteiger partial charge < -0.3 is 14.8 Å². The maximum absolute atomic E-state index is 12.6. The fourth-order valence-electron chi connectivity index (χ4n) is 3.90. The number of amides is 1. The van der Waals surface area contributed by atoms with Gasteiger partial charge in [-0.05, 0) is 49.2 Å². The second-order valence-corrected chi connectivity index (χ2v) is 11.9. The van der Waals surface area contributed by atoms with Gasteiger partial charge in [-0.2, -0.15) is 4.31 Å². The molecule has 34 heavy (non-hydrogen) atoms. The highest BCUT2D eigenvalue weighted by Crippen LogP contribution is 2.34. The molecular formula is C22H27N3O7S2. The van der Waals surface area contributed by atoms with E-state index in [1.807, 2.05) is 0 Å². The molecule has 0 spiro atoms. The van der Waals surface area contributed by atoms with Gasteiger partial charge in [-0.25, -0.2) is 16.8 Å². The van der Waals surface area contributed by atoms with E-state index in [1.54, 1.807) is 36.4 Å². The van der Waals surface area contributed by atoms with Crippen LogP contribution in [0.2, 0.25) is 0 Å². The maximum atomic E-state index is 12.6. The molecule has 10 nitrogen and oxygen atoms in total. The first-order chi connectivity index (χ1) is 16.2. The number of fused-ring (bicyclic) bond motifs is 1. The number of carbonyl (C=O) groups excluding carboxylic acids is 1. The molecule has 0 unspecified atom stereocenters. The van der Waals surface area contributed by atoms with Crippen molar-refractivity contribution in [3.63, 3.8) is 0 Å². The Morgan fingerprint density at radius 3 is 2.41 bits per heavy atom. The molecule has 0 aromatic heterocycles. The van der Waals surface area contributed by atoms with Gasteiger partial charge in [0.05, 0.1) is 29.9 Å².